The van der Waals surface area contributed by atoms with Gasteiger partial charge in [0, 0.05) is 23.3 Å². The lowest BCUT2D eigenvalue weighted by molar-refractivity contribution is 0.731. The number of hydrogen-bond donors (Lipinski definition) is 2. The molecule has 0 aromatic heterocycles. The van der Waals surface area contributed by atoms with Gasteiger partial charge in [-0.15, -0.1) is 0 Å². The molecule has 0 radical (unpaired) electrons. The Morgan fingerprint density at radius 1 is 1.33 bits per heavy atom. The molecule has 0 aliphatic carbocycles. The average molecular weight is 246 g/mol. The van der Waals surface area contributed by atoms with Gasteiger partial charge in [0.2, 0.25) is 0 Å². The Hall–Kier alpha value is 0.01000. The molecule has 1 N–H and O–H groups in total. The summed E-state index contributed by atoms with van der Waals surface area (Å²) < 4.78 is 1.16. The molecule has 3 heteroatoms. The fourth-order valence-electron chi connectivity index (χ4n) is 0.944. The topological polar surface area (TPSA) is 12.0 Å². The maximum absolute atomic E-state index is 4.12. The Morgan fingerprint density at radius 3 is 2.75 bits per heavy atom. The summed E-state index contributed by atoms with van der Waals surface area (Å²) in [4.78, 5) is 0. The Kier molecular flexibility index (Phi) is 4.73. The largest absolute Gasteiger partial charge is 0.312 e. The van der Waals surface area contributed by atoms with E-state index in [9.17, 15) is 0 Å². The summed E-state index contributed by atoms with van der Waals surface area (Å²) in [6.07, 6.45) is 0. The standard InChI is InChI=1S/C9H12BrNS/c10-9-4-2-1-3-8(9)7-11-5-6-12/h1-4,11-12H,5-7H2. The Morgan fingerprint density at radius 2 is 2.08 bits per heavy atom. The minimum atomic E-state index is 0.879. The second-order valence-electron chi connectivity index (χ2n) is 2.49. The van der Waals surface area contributed by atoms with Gasteiger partial charge in [-0.3, -0.25) is 0 Å². The molecular weight excluding hydrogens is 234 g/mol. The predicted molar refractivity (Wildman–Crippen MR) is 59.7 cm³/mol. The normalized spacial score (nSPS) is 10.2. The van der Waals surface area contributed by atoms with Gasteiger partial charge in [0.15, 0.2) is 0 Å². The van der Waals surface area contributed by atoms with Gasteiger partial charge in [-0.2, -0.15) is 12.6 Å². The van der Waals surface area contributed by atoms with Gasteiger partial charge in [0.05, 0.1) is 0 Å². The van der Waals surface area contributed by atoms with Crippen LogP contribution in [-0.2, 0) is 6.54 Å². The molecule has 0 saturated carbocycles. The van der Waals surface area contributed by atoms with Crippen LogP contribution in [0.25, 0.3) is 0 Å². The van der Waals surface area contributed by atoms with E-state index >= 15 is 0 Å². The van der Waals surface area contributed by atoms with Gasteiger partial charge in [-0.25, -0.2) is 0 Å². The molecule has 0 aliphatic rings. The van der Waals surface area contributed by atoms with Crippen LogP contribution in [0, 0.1) is 0 Å². The summed E-state index contributed by atoms with van der Waals surface area (Å²) in [5, 5.41) is 3.29. The molecule has 66 valence electrons. The van der Waals surface area contributed by atoms with Crippen molar-refractivity contribution in [3.05, 3.63) is 34.3 Å². The summed E-state index contributed by atoms with van der Waals surface area (Å²) in [6.45, 7) is 1.85. The van der Waals surface area contributed by atoms with Crippen LogP contribution in [0.3, 0.4) is 0 Å². The van der Waals surface area contributed by atoms with E-state index in [1.54, 1.807) is 0 Å². The molecule has 0 spiro atoms. The number of benzene rings is 1. The predicted octanol–water partition coefficient (Wildman–Crippen LogP) is 2.47. The van der Waals surface area contributed by atoms with Gasteiger partial charge < -0.3 is 5.32 Å². The molecule has 0 unspecified atom stereocenters. The minimum Gasteiger partial charge on any atom is -0.312 e. The number of nitrogens with one attached hydrogen (secondary N) is 1. The third kappa shape index (κ3) is 3.17. The molecule has 12 heavy (non-hydrogen) atoms. The zero-order valence-corrected chi connectivity index (χ0v) is 9.24. The number of thiol groups is 1. The van der Waals surface area contributed by atoms with E-state index in [1.807, 2.05) is 12.1 Å². The van der Waals surface area contributed by atoms with E-state index in [1.165, 1.54) is 5.56 Å². The summed E-state index contributed by atoms with van der Waals surface area (Å²) >= 11 is 7.61. The van der Waals surface area contributed by atoms with Crippen molar-refractivity contribution in [2.75, 3.05) is 12.3 Å². The second-order valence-corrected chi connectivity index (χ2v) is 3.79. The second kappa shape index (κ2) is 5.62. The van der Waals surface area contributed by atoms with Crippen LogP contribution in [0.1, 0.15) is 5.56 Å². The fraction of sp³-hybridized carbons (Fsp3) is 0.333. The van der Waals surface area contributed by atoms with E-state index in [2.05, 4.69) is 46.0 Å². The first-order chi connectivity index (χ1) is 5.84. The maximum Gasteiger partial charge on any atom is 0.0220 e. The quantitative estimate of drug-likeness (QED) is 0.614. The first kappa shape index (κ1) is 10.1. The summed E-state index contributed by atoms with van der Waals surface area (Å²) in [5.41, 5.74) is 1.29. The van der Waals surface area contributed by atoms with Crippen LogP contribution in [0.4, 0.5) is 0 Å². The minimum absolute atomic E-state index is 0.879. The third-order valence-electron chi connectivity index (χ3n) is 1.56. The molecular formula is C9H12BrNS. The van der Waals surface area contributed by atoms with Crippen molar-refractivity contribution in [3.8, 4) is 0 Å². The molecule has 0 saturated heterocycles. The van der Waals surface area contributed by atoms with Crippen LogP contribution in [0.2, 0.25) is 0 Å². The molecule has 0 atom stereocenters. The van der Waals surface area contributed by atoms with Crippen LogP contribution in [-0.4, -0.2) is 12.3 Å². The zero-order chi connectivity index (χ0) is 8.81. The lowest BCUT2D eigenvalue weighted by atomic mass is 10.2. The highest BCUT2D eigenvalue weighted by Gasteiger charge is 1.95. The Labute approximate surface area is 87.1 Å². The zero-order valence-electron chi connectivity index (χ0n) is 6.76. The van der Waals surface area contributed by atoms with Gasteiger partial charge in [0.25, 0.3) is 0 Å². The highest BCUT2D eigenvalue weighted by Crippen LogP contribution is 2.14. The van der Waals surface area contributed by atoms with Crippen LogP contribution < -0.4 is 5.32 Å². The summed E-state index contributed by atoms with van der Waals surface area (Å²) in [5.74, 6) is 0.879. The van der Waals surface area contributed by atoms with Crippen LogP contribution >= 0.6 is 28.6 Å². The summed E-state index contributed by atoms with van der Waals surface area (Å²) in [6, 6.07) is 8.22. The van der Waals surface area contributed by atoms with E-state index in [-0.39, 0.29) is 0 Å². The molecule has 1 nitrogen and oxygen atoms in total. The Balaban J connectivity index is 2.46. The molecule has 0 aliphatic heterocycles. The Bertz CT molecular complexity index is 240. The number of halogens is 1. The van der Waals surface area contributed by atoms with Crippen molar-refractivity contribution < 1.29 is 0 Å². The van der Waals surface area contributed by atoms with Crippen LogP contribution in [0.5, 0.6) is 0 Å². The SMILES string of the molecule is SCCNCc1ccccc1Br. The lowest BCUT2D eigenvalue weighted by Crippen LogP contribution is -2.15. The van der Waals surface area contributed by atoms with Crippen molar-refractivity contribution in [2.45, 2.75) is 6.54 Å². The van der Waals surface area contributed by atoms with Gasteiger partial charge in [-0.05, 0) is 11.6 Å². The van der Waals surface area contributed by atoms with Gasteiger partial charge in [0.1, 0.15) is 0 Å². The molecule has 0 heterocycles. The molecule has 0 fully saturated rings. The monoisotopic (exact) mass is 245 g/mol. The van der Waals surface area contributed by atoms with Gasteiger partial charge >= 0.3 is 0 Å². The first-order valence-corrected chi connectivity index (χ1v) is 5.32. The van der Waals surface area contributed by atoms with E-state index in [0.717, 1.165) is 23.3 Å². The van der Waals surface area contributed by atoms with Crippen molar-refractivity contribution in [1.29, 1.82) is 0 Å². The number of hydrogen-bond acceptors (Lipinski definition) is 2. The molecule has 0 amide bonds. The molecule has 1 aromatic rings. The van der Waals surface area contributed by atoms with Crippen molar-refractivity contribution in [1.82, 2.24) is 5.32 Å². The molecule has 1 aromatic carbocycles. The van der Waals surface area contributed by atoms with Crippen molar-refractivity contribution in [2.24, 2.45) is 0 Å². The maximum atomic E-state index is 4.12. The number of rotatable bonds is 4. The fourth-order valence-corrected chi connectivity index (χ4v) is 1.53. The lowest BCUT2D eigenvalue weighted by Gasteiger charge is -2.04. The summed E-state index contributed by atoms with van der Waals surface area (Å²) in [7, 11) is 0. The van der Waals surface area contributed by atoms with Crippen molar-refractivity contribution >= 4 is 28.6 Å². The molecule has 0 bridgehead atoms. The van der Waals surface area contributed by atoms with Gasteiger partial charge in [-0.1, -0.05) is 34.1 Å². The van der Waals surface area contributed by atoms with E-state index < -0.39 is 0 Å². The first-order valence-electron chi connectivity index (χ1n) is 3.89. The van der Waals surface area contributed by atoms with Crippen LogP contribution in [0.15, 0.2) is 28.7 Å². The highest BCUT2D eigenvalue weighted by molar-refractivity contribution is 9.10. The van der Waals surface area contributed by atoms with E-state index in [0.29, 0.717) is 0 Å². The highest BCUT2D eigenvalue weighted by atomic mass is 79.9. The average Bonchev–Trinajstić information content (AvgIpc) is 2.09. The molecule has 1 rings (SSSR count). The third-order valence-corrected chi connectivity index (χ3v) is 2.56. The van der Waals surface area contributed by atoms with Crippen molar-refractivity contribution in [3.63, 3.8) is 0 Å². The smallest absolute Gasteiger partial charge is 0.0220 e. The van der Waals surface area contributed by atoms with E-state index in [4.69, 9.17) is 0 Å².